The van der Waals surface area contributed by atoms with Crippen molar-refractivity contribution in [1.29, 1.82) is 0 Å². The fourth-order valence-electron chi connectivity index (χ4n) is 3.03. The van der Waals surface area contributed by atoms with Crippen LogP contribution in [-0.2, 0) is 0 Å². The van der Waals surface area contributed by atoms with E-state index in [2.05, 4.69) is 42.3 Å². The number of halogens is 1. The van der Waals surface area contributed by atoms with Crippen molar-refractivity contribution < 1.29 is 0 Å². The highest BCUT2D eigenvalue weighted by Gasteiger charge is 2.33. The summed E-state index contributed by atoms with van der Waals surface area (Å²) in [6.45, 7) is 7.68. The summed E-state index contributed by atoms with van der Waals surface area (Å²) < 4.78 is 0. The van der Waals surface area contributed by atoms with E-state index in [9.17, 15) is 0 Å². The van der Waals surface area contributed by atoms with Crippen molar-refractivity contribution in [3.05, 3.63) is 34.3 Å². The van der Waals surface area contributed by atoms with Crippen LogP contribution in [0.5, 0.6) is 0 Å². The standard InChI is InChI=1S/C15H23ClN2/c1-4-18-8-7-13(10-17-3)15(18)12-6-5-11(2)14(16)9-12/h5-6,9,13,15,17H,4,7-8,10H2,1-3H3. The van der Waals surface area contributed by atoms with Crippen LogP contribution >= 0.6 is 11.6 Å². The van der Waals surface area contributed by atoms with Gasteiger partial charge in [0.15, 0.2) is 0 Å². The van der Waals surface area contributed by atoms with Crippen LogP contribution in [0.25, 0.3) is 0 Å². The maximum atomic E-state index is 6.27. The van der Waals surface area contributed by atoms with E-state index < -0.39 is 0 Å². The SMILES string of the molecule is CCN1CCC(CNC)C1c1ccc(C)c(Cl)c1. The van der Waals surface area contributed by atoms with E-state index in [1.54, 1.807) is 0 Å². The van der Waals surface area contributed by atoms with E-state index in [1.807, 2.05) is 7.05 Å². The first kappa shape index (κ1) is 13.9. The zero-order valence-electron chi connectivity index (χ0n) is 11.5. The first-order valence-electron chi connectivity index (χ1n) is 6.82. The summed E-state index contributed by atoms with van der Waals surface area (Å²) in [5, 5.41) is 4.21. The number of nitrogens with zero attached hydrogens (tertiary/aromatic N) is 1. The minimum Gasteiger partial charge on any atom is -0.319 e. The van der Waals surface area contributed by atoms with Gasteiger partial charge in [0.1, 0.15) is 0 Å². The van der Waals surface area contributed by atoms with Crippen LogP contribution in [0.2, 0.25) is 5.02 Å². The summed E-state index contributed by atoms with van der Waals surface area (Å²) in [5.41, 5.74) is 2.52. The molecular weight excluding hydrogens is 244 g/mol. The van der Waals surface area contributed by atoms with E-state index in [4.69, 9.17) is 11.6 Å². The van der Waals surface area contributed by atoms with Gasteiger partial charge in [0.05, 0.1) is 0 Å². The monoisotopic (exact) mass is 266 g/mol. The van der Waals surface area contributed by atoms with Crippen molar-refractivity contribution in [1.82, 2.24) is 10.2 Å². The van der Waals surface area contributed by atoms with Gasteiger partial charge in [-0.2, -0.15) is 0 Å². The van der Waals surface area contributed by atoms with Gasteiger partial charge in [-0.25, -0.2) is 0 Å². The van der Waals surface area contributed by atoms with E-state index in [-0.39, 0.29) is 0 Å². The average molecular weight is 267 g/mol. The fourth-order valence-corrected chi connectivity index (χ4v) is 3.22. The average Bonchev–Trinajstić information content (AvgIpc) is 2.76. The maximum absolute atomic E-state index is 6.27. The molecule has 0 aromatic heterocycles. The second-order valence-electron chi connectivity index (χ2n) is 5.19. The molecule has 1 N–H and O–H groups in total. The van der Waals surface area contributed by atoms with Crippen LogP contribution in [0.3, 0.4) is 0 Å². The molecule has 0 aliphatic carbocycles. The first-order valence-corrected chi connectivity index (χ1v) is 7.19. The molecule has 1 aliphatic rings. The van der Waals surface area contributed by atoms with Gasteiger partial charge in [-0.3, -0.25) is 4.90 Å². The summed E-state index contributed by atoms with van der Waals surface area (Å²) in [5.74, 6) is 0.689. The Morgan fingerprint density at radius 2 is 2.22 bits per heavy atom. The zero-order valence-corrected chi connectivity index (χ0v) is 12.3. The summed E-state index contributed by atoms with van der Waals surface area (Å²) in [6.07, 6.45) is 1.27. The lowest BCUT2D eigenvalue weighted by molar-refractivity contribution is 0.238. The minimum atomic E-state index is 0.514. The van der Waals surface area contributed by atoms with Crippen molar-refractivity contribution >= 4 is 11.6 Å². The third-order valence-corrected chi connectivity index (χ3v) is 4.44. The molecule has 1 fully saturated rings. The highest BCUT2D eigenvalue weighted by atomic mass is 35.5. The summed E-state index contributed by atoms with van der Waals surface area (Å²) in [7, 11) is 2.04. The quantitative estimate of drug-likeness (QED) is 0.900. The molecule has 1 aliphatic heterocycles. The van der Waals surface area contributed by atoms with E-state index in [1.165, 1.54) is 18.5 Å². The van der Waals surface area contributed by atoms with Crippen molar-refractivity contribution in [2.24, 2.45) is 5.92 Å². The molecule has 2 rings (SSSR count). The highest BCUT2D eigenvalue weighted by molar-refractivity contribution is 6.31. The molecule has 0 radical (unpaired) electrons. The lowest BCUT2D eigenvalue weighted by Gasteiger charge is -2.28. The molecule has 2 atom stereocenters. The Morgan fingerprint density at radius 3 is 2.83 bits per heavy atom. The van der Waals surface area contributed by atoms with Crippen LogP contribution in [0.15, 0.2) is 18.2 Å². The maximum Gasteiger partial charge on any atom is 0.0438 e. The molecule has 0 bridgehead atoms. The first-order chi connectivity index (χ1) is 8.67. The summed E-state index contributed by atoms with van der Waals surface area (Å²) >= 11 is 6.27. The lowest BCUT2D eigenvalue weighted by Crippen LogP contribution is -2.29. The predicted octanol–water partition coefficient (Wildman–Crippen LogP) is 3.25. The smallest absolute Gasteiger partial charge is 0.0438 e. The van der Waals surface area contributed by atoms with Gasteiger partial charge >= 0.3 is 0 Å². The third-order valence-electron chi connectivity index (χ3n) is 4.04. The Kier molecular flexibility index (Phi) is 4.66. The molecular formula is C15H23ClN2. The number of benzene rings is 1. The largest absolute Gasteiger partial charge is 0.319 e. The molecule has 0 saturated carbocycles. The predicted molar refractivity (Wildman–Crippen MR) is 78.2 cm³/mol. The lowest BCUT2D eigenvalue weighted by atomic mass is 9.93. The molecule has 18 heavy (non-hydrogen) atoms. The number of hydrogen-bond acceptors (Lipinski definition) is 2. The van der Waals surface area contributed by atoms with Crippen LogP contribution in [0.1, 0.15) is 30.5 Å². The van der Waals surface area contributed by atoms with Gasteiger partial charge in [0.25, 0.3) is 0 Å². The molecule has 1 saturated heterocycles. The number of nitrogens with one attached hydrogen (secondary N) is 1. The third kappa shape index (κ3) is 2.71. The van der Waals surface area contributed by atoms with Crippen LogP contribution < -0.4 is 5.32 Å². The Hall–Kier alpha value is -0.570. The van der Waals surface area contributed by atoms with Gasteiger partial charge in [-0.15, -0.1) is 0 Å². The second-order valence-corrected chi connectivity index (χ2v) is 5.60. The normalized spacial score (nSPS) is 24.7. The van der Waals surface area contributed by atoms with Gasteiger partial charge < -0.3 is 5.32 Å². The molecule has 3 heteroatoms. The molecule has 1 heterocycles. The van der Waals surface area contributed by atoms with Crippen LogP contribution in [0.4, 0.5) is 0 Å². The Bertz CT molecular complexity index is 405. The Morgan fingerprint density at radius 1 is 1.44 bits per heavy atom. The molecule has 2 unspecified atom stereocenters. The summed E-state index contributed by atoms with van der Waals surface area (Å²) in [6, 6.07) is 7.04. The zero-order chi connectivity index (χ0) is 13.1. The number of aryl methyl sites for hydroxylation is 1. The van der Waals surface area contributed by atoms with E-state index in [0.29, 0.717) is 12.0 Å². The number of rotatable bonds is 4. The van der Waals surface area contributed by atoms with Crippen LogP contribution in [-0.4, -0.2) is 31.6 Å². The summed E-state index contributed by atoms with van der Waals surface area (Å²) in [4.78, 5) is 2.56. The van der Waals surface area contributed by atoms with Gasteiger partial charge in [-0.05, 0) is 63.1 Å². The van der Waals surface area contributed by atoms with E-state index >= 15 is 0 Å². The highest BCUT2D eigenvalue weighted by Crippen LogP contribution is 2.37. The molecule has 1 aromatic carbocycles. The Balaban J connectivity index is 2.28. The van der Waals surface area contributed by atoms with Crippen molar-refractivity contribution in [3.8, 4) is 0 Å². The number of hydrogen-bond donors (Lipinski definition) is 1. The molecule has 0 amide bonds. The van der Waals surface area contributed by atoms with E-state index in [0.717, 1.165) is 23.7 Å². The van der Waals surface area contributed by atoms with Gasteiger partial charge in [-0.1, -0.05) is 30.7 Å². The second kappa shape index (κ2) is 6.05. The van der Waals surface area contributed by atoms with Crippen molar-refractivity contribution in [3.63, 3.8) is 0 Å². The molecule has 2 nitrogen and oxygen atoms in total. The minimum absolute atomic E-state index is 0.514. The molecule has 0 spiro atoms. The molecule has 100 valence electrons. The van der Waals surface area contributed by atoms with Crippen molar-refractivity contribution in [2.75, 3.05) is 26.7 Å². The fraction of sp³-hybridized carbons (Fsp3) is 0.600. The number of likely N-dealkylation sites (tertiary alicyclic amines) is 1. The van der Waals surface area contributed by atoms with Crippen molar-refractivity contribution in [2.45, 2.75) is 26.3 Å². The van der Waals surface area contributed by atoms with Gasteiger partial charge in [0.2, 0.25) is 0 Å². The topological polar surface area (TPSA) is 15.3 Å². The van der Waals surface area contributed by atoms with Crippen LogP contribution in [0, 0.1) is 12.8 Å². The Labute approximate surface area is 115 Å². The van der Waals surface area contributed by atoms with Gasteiger partial charge in [0, 0.05) is 11.1 Å². The molecule has 1 aromatic rings.